The van der Waals surface area contributed by atoms with Crippen LogP contribution in [0.3, 0.4) is 0 Å². The summed E-state index contributed by atoms with van der Waals surface area (Å²) < 4.78 is 27.1. The largest absolute Gasteiger partial charge is 0.324 e. The van der Waals surface area contributed by atoms with Crippen molar-refractivity contribution in [2.24, 2.45) is 11.1 Å². The second-order valence-corrected chi connectivity index (χ2v) is 8.37. The van der Waals surface area contributed by atoms with Crippen molar-refractivity contribution in [2.75, 3.05) is 13.1 Å². The molecule has 4 nitrogen and oxygen atoms in total. The van der Waals surface area contributed by atoms with E-state index in [2.05, 4.69) is 13.8 Å². The first-order valence-corrected chi connectivity index (χ1v) is 9.08. The van der Waals surface area contributed by atoms with Crippen molar-refractivity contribution in [3.05, 3.63) is 29.8 Å². The lowest BCUT2D eigenvalue weighted by Crippen LogP contribution is -2.41. The zero-order valence-electron chi connectivity index (χ0n) is 13.2. The quantitative estimate of drug-likeness (QED) is 0.930. The van der Waals surface area contributed by atoms with Gasteiger partial charge in [0.1, 0.15) is 0 Å². The molecule has 0 amide bonds. The highest BCUT2D eigenvalue weighted by Crippen LogP contribution is 2.35. The molecule has 1 atom stereocenters. The number of nitrogens with zero attached hydrogens (tertiary/aromatic N) is 1. The van der Waals surface area contributed by atoms with Gasteiger partial charge in [-0.05, 0) is 42.9 Å². The van der Waals surface area contributed by atoms with Gasteiger partial charge in [0, 0.05) is 19.1 Å². The van der Waals surface area contributed by atoms with Gasteiger partial charge >= 0.3 is 0 Å². The van der Waals surface area contributed by atoms with Crippen LogP contribution in [-0.4, -0.2) is 25.8 Å². The van der Waals surface area contributed by atoms with Crippen molar-refractivity contribution in [1.29, 1.82) is 0 Å². The number of sulfonamides is 1. The molecular formula is C16H26N2O2S. The standard InChI is InChI=1S/C16H26N2O2S/c1-4-16(3)8-10-18(11-9-16)21(19,20)15-7-5-6-14(12-15)13(2)17/h5-7,12-13H,4,8-11,17H2,1-3H3. The van der Waals surface area contributed by atoms with Crippen molar-refractivity contribution in [2.45, 2.75) is 51.0 Å². The van der Waals surface area contributed by atoms with E-state index >= 15 is 0 Å². The average molecular weight is 310 g/mol. The van der Waals surface area contributed by atoms with Crippen LogP contribution in [0.15, 0.2) is 29.2 Å². The van der Waals surface area contributed by atoms with Gasteiger partial charge in [0.2, 0.25) is 10.0 Å². The lowest BCUT2D eigenvalue weighted by Gasteiger charge is -2.38. The van der Waals surface area contributed by atoms with Crippen LogP contribution in [0.2, 0.25) is 0 Å². The number of hydrogen-bond donors (Lipinski definition) is 1. The van der Waals surface area contributed by atoms with Crippen LogP contribution in [0.4, 0.5) is 0 Å². The van der Waals surface area contributed by atoms with Crippen LogP contribution in [0.1, 0.15) is 51.6 Å². The fourth-order valence-corrected chi connectivity index (χ4v) is 4.22. The highest BCUT2D eigenvalue weighted by Gasteiger charge is 2.34. The third kappa shape index (κ3) is 3.47. The molecule has 2 rings (SSSR count). The predicted octanol–water partition coefficient (Wildman–Crippen LogP) is 2.91. The molecule has 0 bridgehead atoms. The highest BCUT2D eigenvalue weighted by atomic mass is 32.2. The Hall–Kier alpha value is -0.910. The monoisotopic (exact) mass is 310 g/mol. The Labute approximate surface area is 128 Å². The van der Waals surface area contributed by atoms with Gasteiger partial charge in [-0.15, -0.1) is 0 Å². The van der Waals surface area contributed by atoms with Crippen molar-refractivity contribution in [3.8, 4) is 0 Å². The van der Waals surface area contributed by atoms with Gasteiger partial charge in [0.15, 0.2) is 0 Å². The van der Waals surface area contributed by atoms with Gasteiger partial charge in [-0.1, -0.05) is 32.4 Å². The van der Waals surface area contributed by atoms with E-state index in [0.717, 1.165) is 24.8 Å². The van der Waals surface area contributed by atoms with E-state index in [1.165, 1.54) is 0 Å². The summed E-state index contributed by atoms with van der Waals surface area (Å²) in [5.74, 6) is 0. The average Bonchev–Trinajstić information content (AvgIpc) is 2.48. The first kappa shape index (κ1) is 16.5. The molecule has 0 saturated carbocycles. The molecule has 2 N–H and O–H groups in total. The molecule has 1 aromatic rings. The van der Waals surface area contributed by atoms with Gasteiger partial charge in [-0.3, -0.25) is 0 Å². The predicted molar refractivity (Wildman–Crippen MR) is 85.4 cm³/mol. The summed E-state index contributed by atoms with van der Waals surface area (Å²) in [7, 11) is -3.40. The van der Waals surface area contributed by atoms with Crippen LogP contribution in [-0.2, 0) is 10.0 Å². The molecule has 0 aromatic heterocycles. The molecule has 5 heteroatoms. The Balaban J connectivity index is 2.21. The Kier molecular flexibility index (Phi) is 4.76. The first-order chi connectivity index (χ1) is 9.78. The van der Waals surface area contributed by atoms with Gasteiger partial charge in [-0.25, -0.2) is 8.42 Å². The lowest BCUT2D eigenvalue weighted by molar-refractivity contribution is 0.169. The number of rotatable bonds is 4. The Morgan fingerprint density at radius 2 is 1.95 bits per heavy atom. The molecule has 1 heterocycles. The van der Waals surface area contributed by atoms with Gasteiger partial charge in [-0.2, -0.15) is 4.31 Å². The fraction of sp³-hybridized carbons (Fsp3) is 0.625. The molecule has 118 valence electrons. The summed E-state index contributed by atoms with van der Waals surface area (Å²) in [6.45, 7) is 7.49. The Morgan fingerprint density at radius 1 is 1.33 bits per heavy atom. The van der Waals surface area contributed by atoms with Crippen LogP contribution in [0.25, 0.3) is 0 Å². The summed E-state index contributed by atoms with van der Waals surface area (Å²) in [5.41, 5.74) is 6.98. The summed E-state index contributed by atoms with van der Waals surface area (Å²) in [6, 6.07) is 6.84. The molecule has 0 aliphatic carbocycles. The van der Waals surface area contributed by atoms with Gasteiger partial charge in [0.05, 0.1) is 4.90 Å². The molecule has 0 radical (unpaired) electrons. The minimum Gasteiger partial charge on any atom is -0.324 e. The van der Waals surface area contributed by atoms with Crippen LogP contribution >= 0.6 is 0 Å². The summed E-state index contributed by atoms with van der Waals surface area (Å²) >= 11 is 0. The van der Waals surface area contributed by atoms with E-state index in [4.69, 9.17) is 5.73 Å². The molecule has 1 aromatic carbocycles. The molecule has 1 saturated heterocycles. The van der Waals surface area contributed by atoms with Crippen molar-refractivity contribution >= 4 is 10.0 Å². The summed E-state index contributed by atoms with van der Waals surface area (Å²) in [6.07, 6.45) is 2.95. The molecule has 1 fully saturated rings. The van der Waals surface area contributed by atoms with Crippen LogP contribution in [0, 0.1) is 5.41 Å². The first-order valence-electron chi connectivity index (χ1n) is 7.64. The van der Waals surface area contributed by atoms with E-state index in [1.54, 1.807) is 22.5 Å². The number of benzene rings is 1. The third-order valence-corrected chi connectivity index (χ3v) is 6.70. The van der Waals surface area contributed by atoms with Crippen LogP contribution < -0.4 is 5.73 Å². The normalized spacial score (nSPS) is 21.1. The van der Waals surface area contributed by atoms with Gasteiger partial charge in [0.25, 0.3) is 0 Å². The fourth-order valence-electron chi connectivity index (χ4n) is 2.73. The number of hydrogen-bond acceptors (Lipinski definition) is 3. The smallest absolute Gasteiger partial charge is 0.243 e. The van der Waals surface area contributed by atoms with E-state index < -0.39 is 10.0 Å². The molecule has 0 spiro atoms. The maximum atomic E-state index is 12.7. The molecule has 21 heavy (non-hydrogen) atoms. The molecule has 1 aliphatic heterocycles. The number of piperidine rings is 1. The number of nitrogens with two attached hydrogens (primary N) is 1. The third-order valence-electron chi connectivity index (χ3n) is 4.80. The lowest BCUT2D eigenvalue weighted by atomic mass is 9.79. The zero-order chi connectivity index (χ0) is 15.7. The topological polar surface area (TPSA) is 63.4 Å². The van der Waals surface area contributed by atoms with E-state index in [-0.39, 0.29) is 11.5 Å². The van der Waals surface area contributed by atoms with Crippen molar-refractivity contribution in [1.82, 2.24) is 4.31 Å². The van der Waals surface area contributed by atoms with Crippen molar-refractivity contribution in [3.63, 3.8) is 0 Å². The van der Waals surface area contributed by atoms with E-state index in [9.17, 15) is 8.42 Å². The molecule has 1 unspecified atom stereocenters. The Bertz CT molecular complexity index is 588. The Morgan fingerprint density at radius 3 is 2.48 bits per heavy atom. The van der Waals surface area contributed by atoms with Gasteiger partial charge < -0.3 is 5.73 Å². The summed E-state index contributed by atoms with van der Waals surface area (Å²) in [5, 5.41) is 0. The maximum Gasteiger partial charge on any atom is 0.243 e. The second-order valence-electron chi connectivity index (χ2n) is 6.43. The minimum atomic E-state index is -3.40. The molecular weight excluding hydrogens is 284 g/mol. The molecule has 1 aliphatic rings. The zero-order valence-corrected chi connectivity index (χ0v) is 14.0. The van der Waals surface area contributed by atoms with E-state index in [1.807, 2.05) is 13.0 Å². The van der Waals surface area contributed by atoms with Crippen molar-refractivity contribution < 1.29 is 8.42 Å². The highest BCUT2D eigenvalue weighted by molar-refractivity contribution is 7.89. The van der Waals surface area contributed by atoms with E-state index in [0.29, 0.717) is 18.0 Å². The second kappa shape index (κ2) is 6.07. The maximum absolute atomic E-state index is 12.7. The minimum absolute atomic E-state index is 0.162. The summed E-state index contributed by atoms with van der Waals surface area (Å²) in [4.78, 5) is 0.359. The van der Waals surface area contributed by atoms with Crippen LogP contribution in [0.5, 0.6) is 0 Å². The SMILES string of the molecule is CCC1(C)CCN(S(=O)(=O)c2cccc(C(C)N)c2)CC1.